The molecule has 4 nitrogen and oxygen atoms in total. The molecule has 0 spiro atoms. The standard InChI is InChI=1S/C21H27N3OS/c1-3-22-20-17(14(2)15-9-7-8-10-15)18-19(26-20)21(25)24(13-23-18)16-11-5-4-6-12-16/h3,13,15-16H,1,4-12H2,2H3/b17-14+,22-20?. The lowest BCUT2D eigenvalue weighted by Gasteiger charge is -2.23. The van der Waals surface area contributed by atoms with Gasteiger partial charge in [0, 0.05) is 17.8 Å². The van der Waals surface area contributed by atoms with E-state index in [1.54, 1.807) is 12.5 Å². The number of thioether (sulfide) groups is 1. The van der Waals surface area contributed by atoms with E-state index in [4.69, 9.17) is 4.98 Å². The second kappa shape index (κ2) is 7.55. The van der Waals surface area contributed by atoms with Gasteiger partial charge in [-0.25, -0.2) is 9.98 Å². The summed E-state index contributed by atoms with van der Waals surface area (Å²) in [6.07, 6.45) is 14.3. The summed E-state index contributed by atoms with van der Waals surface area (Å²) >= 11 is 1.49. The number of hydrogen-bond acceptors (Lipinski definition) is 4. The maximum absolute atomic E-state index is 13.2. The molecule has 2 fully saturated rings. The lowest BCUT2D eigenvalue weighted by Crippen LogP contribution is -2.28. The van der Waals surface area contributed by atoms with Crippen LogP contribution in [0.2, 0.25) is 0 Å². The van der Waals surface area contributed by atoms with Crippen LogP contribution in [0.4, 0.5) is 0 Å². The van der Waals surface area contributed by atoms with Crippen molar-refractivity contribution in [3.05, 3.63) is 40.7 Å². The van der Waals surface area contributed by atoms with Crippen LogP contribution in [0, 0.1) is 5.92 Å². The quantitative estimate of drug-likeness (QED) is 0.720. The van der Waals surface area contributed by atoms with Crippen LogP contribution < -0.4 is 5.56 Å². The first-order chi connectivity index (χ1) is 12.7. The Balaban J connectivity index is 1.80. The summed E-state index contributed by atoms with van der Waals surface area (Å²) < 4.78 is 1.88. The van der Waals surface area contributed by atoms with Crippen LogP contribution in [-0.4, -0.2) is 14.6 Å². The van der Waals surface area contributed by atoms with Gasteiger partial charge < -0.3 is 0 Å². The summed E-state index contributed by atoms with van der Waals surface area (Å²) in [5.74, 6) is 0.592. The van der Waals surface area contributed by atoms with Gasteiger partial charge in [-0.05, 0) is 38.5 Å². The molecule has 0 N–H and O–H groups in total. The molecule has 0 radical (unpaired) electrons. The Bertz CT molecular complexity index is 824. The average molecular weight is 370 g/mol. The number of rotatable bonds is 3. The van der Waals surface area contributed by atoms with Crippen molar-refractivity contribution in [2.45, 2.75) is 75.6 Å². The molecule has 5 heteroatoms. The fraction of sp³-hybridized carbons (Fsp3) is 0.571. The molecule has 0 unspecified atom stereocenters. The average Bonchev–Trinajstić information content (AvgIpc) is 3.31. The summed E-state index contributed by atoms with van der Waals surface area (Å²) in [7, 11) is 0. The molecule has 0 bridgehead atoms. The van der Waals surface area contributed by atoms with Crippen LogP contribution >= 0.6 is 11.8 Å². The smallest absolute Gasteiger partial charge is 0.268 e. The molecule has 3 aliphatic rings. The van der Waals surface area contributed by atoms with Crippen LogP contribution in [-0.2, 0) is 0 Å². The molecule has 0 aromatic carbocycles. The Hall–Kier alpha value is -1.62. The van der Waals surface area contributed by atoms with Gasteiger partial charge >= 0.3 is 0 Å². The third kappa shape index (κ3) is 3.11. The Labute approximate surface area is 159 Å². The van der Waals surface area contributed by atoms with E-state index in [-0.39, 0.29) is 5.56 Å². The summed E-state index contributed by atoms with van der Waals surface area (Å²) in [5.41, 5.74) is 3.39. The molecule has 0 amide bonds. The monoisotopic (exact) mass is 369 g/mol. The molecule has 1 aromatic rings. The first-order valence-electron chi connectivity index (χ1n) is 9.90. The van der Waals surface area contributed by atoms with Gasteiger partial charge in [-0.15, -0.1) is 0 Å². The molecule has 0 atom stereocenters. The number of hydrogen-bond donors (Lipinski definition) is 0. The topological polar surface area (TPSA) is 47.2 Å². The third-order valence-electron chi connectivity index (χ3n) is 6.14. The van der Waals surface area contributed by atoms with Crippen LogP contribution in [0.1, 0.15) is 76.4 Å². The van der Waals surface area contributed by atoms with Crippen molar-refractivity contribution in [3.8, 4) is 0 Å². The number of fused-ring (bicyclic) bond motifs is 1. The second-order valence-electron chi connectivity index (χ2n) is 7.68. The second-order valence-corrected chi connectivity index (χ2v) is 8.68. The summed E-state index contributed by atoms with van der Waals surface area (Å²) in [5, 5.41) is 0.894. The number of aliphatic imine (C=N–C) groups is 1. The number of allylic oxidation sites excluding steroid dienone is 1. The van der Waals surface area contributed by atoms with Gasteiger partial charge in [0.05, 0.1) is 12.0 Å². The Kier molecular flexibility index (Phi) is 5.16. The van der Waals surface area contributed by atoms with Gasteiger partial charge in [-0.3, -0.25) is 9.36 Å². The fourth-order valence-corrected chi connectivity index (χ4v) is 5.80. The van der Waals surface area contributed by atoms with E-state index in [9.17, 15) is 4.79 Å². The summed E-state index contributed by atoms with van der Waals surface area (Å²) in [6.45, 7) is 5.97. The summed E-state index contributed by atoms with van der Waals surface area (Å²) in [6, 6.07) is 0.304. The highest BCUT2D eigenvalue weighted by Gasteiger charge is 2.33. The minimum absolute atomic E-state index is 0.109. The zero-order chi connectivity index (χ0) is 18.1. The first-order valence-corrected chi connectivity index (χ1v) is 10.7. The molecule has 1 aliphatic heterocycles. The minimum Gasteiger partial charge on any atom is -0.295 e. The molecule has 0 saturated heterocycles. The van der Waals surface area contributed by atoms with Crippen molar-refractivity contribution in [3.63, 3.8) is 0 Å². The molecule has 1 aromatic heterocycles. The van der Waals surface area contributed by atoms with Crippen molar-refractivity contribution in [1.29, 1.82) is 0 Å². The van der Waals surface area contributed by atoms with E-state index in [2.05, 4.69) is 18.5 Å². The zero-order valence-corrected chi connectivity index (χ0v) is 16.4. The molecule has 4 rings (SSSR count). The molecule has 138 valence electrons. The van der Waals surface area contributed by atoms with Crippen LogP contribution in [0.25, 0.3) is 5.57 Å². The lowest BCUT2D eigenvalue weighted by atomic mass is 9.93. The van der Waals surface area contributed by atoms with Crippen LogP contribution in [0.3, 0.4) is 0 Å². The molecular weight excluding hydrogens is 342 g/mol. The SMILES string of the molecule is C=CN=C1Sc2c(ncn(C3CCCCC3)c2=O)/C1=C(/C)C1CCCC1. The summed E-state index contributed by atoms with van der Waals surface area (Å²) in [4.78, 5) is 23.2. The highest BCUT2D eigenvalue weighted by Crippen LogP contribution is 2.44. The van der Waals surface area contributed by atoms with Gasteiger partial charge in [0.2, 0.25) is 0 Å². The van der Waals surface area contributed by atoms with Gasteiger partial charge in [0.25, 0.3) is 5.56 Å². The Morgan fingerprint density at radius 1 is 1.23 bits per heavy atom. The molecule has 2 saturated carbocycles. The van der Waals surface area contributed by atoms with E-state index < -0.39 is 0 Å². The van der Waals surface area contributed by atoms with E-state index in [0.717, 1.165) is 34.0 Å². The molecule has 2 heterocycles. The molecule has 26 heavy (non-hydrogen) atoms. The zero-order valence-electron chi connectivity index (χ0n) is 15.5. The lowest BCUT2D eigenvalue weighted by molar-refractivity contribution is 0.341. The highest BCUT2D eigenvalue weighted by atomic mass is 32.2. The Morgan fingerprint density at radius 3 is 2.62 bits per heavy atom. The fourth-order valence-electron chi connectivity index (χ4n) is 4.68. The highest BCUT2D eigenvalue weighted by molar-refractivity contribution is 8.15. The predicted molar refractivity (Wildman–Crippen MR) is 109 cm³/mol. The van der Waals surface area contributed by atoms with Crippen molar-refractivity contribution < 1.29 is 0 Å². The predicted octanol–water partition coefficient (Wildman–Crippen LogP) is 5.36. The van der Waals surface area contributed by atoms with Gasteiger partial charge in [-0.1, -0.05) is 56.0 Å². The van der Waals surface area contributed by atoms with E-state index in [1.165, 1.54) is 62.3 Å². The van der Waals surface area contributed by atoms with Gasteiger partial charge in [0.15, 0.2) is 0 Å². The van der Waals surface area contributed by atoms with Crippen LogP contribution in [0.5, 0.6) is 0 Å². The molecule has 2 aliphatic carbocycles. The van der Waals surface area contributed by atoms with Gasteiger partial charge in [-0.2, -0.15) is 0 Å². The van der Waals surface area contributed by atoms with E-state index in [1.807, 2.05) is 4.57 Å². The minimum atomic E-state index is 0.109. The molecular formula is C21H27N3OS. The third-order valence-corrected chi connectivity index (χ3v) is 7.22. The van der Waals surface area contributed by atoms with Crippen LogP contribution in [0.15, 0.2) is 39.4 Å². The maximum atomic E-state index is 13.2. The number of aromatic nitrogens is 2. The largest absolute Gasteiger partial charge is 0.295 e. The Morgan fingerprint density at radius 2 is 1.92 bits per heavy atom. The van der Waals surface area contributed by atoms with Crippen molar-refractivity contribution in [2.24, 2.45) is 10.9 Å². The van der Waals surface area contributed by atoms with E-state index >= 15 is 0 Å². The maximum Gasteiger partial charge on any atom is 0.268 e. The van der Waals surface area contributed by atoms with Gasteiger partial charge in [0.1, 0.15) is 9.94 Å². The van der Waals surface area contributed by atoms with E-state index in [0.29, 0.717) is 12.0 Å². The van der Waals surface area contributed by atoms with Crippen molar-refractivity contribution >= 4 is 22.4 Å². The first kappa shape index (κ1) is 17.8. The normalized spacial score (nSPS) is 24.9. The van der Waals surface area contributed by atoms with Crippen molar-refractivity contribution in [1.82, 2.24) is 9.55 Å². The number of nitrogens with zero attached hydrogens (tertiary/aromatic N) is 3. The van der Waals surface area contributed by atoms with Crippen molar-refractivity contribution in [2.75, 3.05) is 0 Å².